The average molecular weight is 441 g/mol. The van der Waals surface area contributed by atoms with Gasteiger partial charge in [0.1, 0.15) is 0 Å². The highest BCUT2D eigenvalue weighted by atomic mass is 19.3. The van der Waals surface area contributed by atoms with Crippen LogP contribution in [-0.4, -0.2) is 6.61 Å². The van der Waals surface area contributed by atoms with Crippen LogP contribution in [0.3, 0.4) is 0 Å². The zero-order valence-electron chi connectivity index (χ0n) is 18.6. The molecule has 2 saturated carbocycles. The minimum atomic E-state index is -3.24. The van der Waals surface area contributed by atoms with E-state index in [9.17, 15) is 17.6 Å². The van der Waals surface area contributed by atoms with Gasteiger partial charge in [0.2, 0.25) is 0 Å². The van der Waals surface area contributed by atoms with Crippen molar-refractivity contribution < 1.29 is 22.3 Å². The maximum atomic E-state index is 14.0. The van der Waals surface area contributed by atoms with Gasteiger partial charge in [-0.25, -0.2) is 8.78 Å². The zero-order valence-corrected chi connectivity index (χ0v) is 18.6. The van der Waals surface area contributed by atoms with Gasteiger partial charge in [0, 0.05) is 0 Å². The summed E-state index contributed by atoms with van der Waals surface area (Å²) in [7, 11) is 0. The van der Waals surface area contributed by atoms with Gasteiger partial charge in [0.15, 0.2) is 17.4 Å². The van der Waals surface area contributed by atoms with Crippen molar-refractivity contribution in [1.82, 2.24) is 0 Å². The van der Waals surface area contributed by atoms with Gasteiger partial charge in [-0.05, 0) is 99.2 Å². The molecule has 0 heterocycles. The van der Waals surface area contributed by atoms with Gasteiger partial charge in [-0.2, -0.15) is 8.78 Å². The number of unbranched alkanes of at least 4 members (excludes halogenated alkanes) is 1. The summed E-state index contributed by atoms with van der Waals surface area (Å²) in [5, 5.41) is 0. The van der Waals surface area contributed by atoms with Gasteiger partial charge < -0.3 is 4.74 Å². The summed E-state index contributed by atoms with van der Waals surface area (Å²) in [4.78, 5) is 0. The molecule has 2 fully saturated rings. The van der Waals surface area contributed by atoms with Crippen molar-refractivity contribution in [3.63, 3.8) is 0 Å². The smallest absolute Gasteiger partial charge is 0.387 e. The van der Waals surface area contributed by atoms with E-state index in [2.05, 4.69) is 23.8 Å². The molecule has 0 unspecified atom stereocenters. The molecule has 0 spiro atoms. The summed E-state index contributed by atoms with van der Waals surface area (Å²) in [5.41, 5.74) is 0.560. The van der Waals surface area contributed by atoms with Crippen LogP contribution in [0.5, 0.6) is 5.75 Å². The third-order valence-electron chi connectivity index (χ3n) is 7.28. The van der Waals surface area contributed by atoms with Crippen LogP contribution < -0.4 is 4.74 Å². The quantitative estimate of drug-likeness (QED) is 0.275. The average Bonchev–Trinajstić information content (AvgIpc) is 2.76. The van der Waals surface area contributed by atoms with E-state index < -0.39 is 24.0 Å². The Balaban J connectivity index is 1.40. The molecule has 5 heteroatoms. The summed E-state index contributed by atoms with van der Waals surface area (Å²) in [6, 6.07) is 2.33. The van der Waals surface area contributed by atoms with E-state index in [-0.39, 0.29) is 5.92 Å². The predicted molar refractivity (Wildman–Crippen MR) is 116 cm³/mol. The molecule has 3 rings (SSSR count). The molecular formula is C26H36F4O. The number of alkyl halides is 2. The molecular weight excluding hydrogens is 404 g/mol. The second-order valence-corrected chi connectivity index (χ2v) is 9.48. The first kappa shape index (κ1) is 24.1. The maximum Gasteiger partial charge on any atom is 0.387 e. The molecule has 0 aliphatic heterocycles. The van der Waals surface area contributed by atoms with E-state index in [1.54, 1.807) is 0 Å². The summed E-state index contributed by atoms with van der Waals surface area (Å²) < 4.78 is 56.7. The van der Waals surface area contributed by atoms with Crippen molar-refractivity contribution in [3.8, 4) is 5.75 Å². The molecule has 0 N–H and O–H groups in total. The molecule has 0 bridgehead atoms. The molecule has 1 nitrogen and oxygen atoms in total. The first-order chi connectivity index (χ1) is 15.0. The largest absolute Gasteiger partial charge is 0.429 e. The Morgan fingerprint density at radius 3 is 1.97 bits per heavy atom. The fourth-order valence-corrected chi connectivity index (χ4v) is 5.40. The van der Waals surface area contributed by atoms with Crippen LogP contribution >= 0.6 is 0 Å². The summed E-state index contributed by atoms with van der Waals surface area (Å²) >= 11 is 0. The minimum absolute atomic E-state index is 0.0891. The van der Waals surface area contributed by atoms with E-state index in [0.717, 1.165) is 37.5 Å². The lowest BCUT2D eigenvalue weighted by atomic mass is 9.74. The van der Waals surface area contributed by atoms with Crippen molar-refractivity contribution in [3.05, 3.63) is 41.5 Å². The Hall–Kier alpha value is -1.52. The molecule has 0 atom stereocenters. The van der Waals surface area contributed by atoms with E-state index >= 15 is 0 Å². The Bertz CT molecular complexity index is 678. The van der Waals surface area contributed by atoms with Crippen molar-refractivity contribution in [1.29, 1.82) is 0 Å². The monoisotopic (exact) mass is 440 g/mol. The number of rotatable bonds is 9. The Kier molecular flexibility index (Phi) is 9.28. The molecule has 174 valence electrons. The van der Waals surface area contributed by atoms with Gasteiger partial charge >= 0.3 is 6.61 Å². The number of allylic oxidation sites excluding steroid dienone is 2. The van der Waals surface area contributed by atoms with Gasteiger partial charge in [0.25, 0.3) is 0 Å². The normalized spacial score (nSPS) is 27.2. The van der Waals surface area contributed by atoms with Crippen LogP contribution in [0, 0.1) is 29.4 Å². The standard InChI is InChI=1S/C26H36F4O/c1-2-3-4-5-18-6-8-19(9-7-18)10-11-20-12-14-21(15-13-20)22-16-23(27)25(24(28)17-22)31-26(29)30/h4-5,16-21,26H,2-3,6-15H2,1H3/b5-4+/t18-,19-,20-,21-. The highest BCUT2D eigenvalue weighted by Crippen LogP contribution is 2.41. The third kappa shape index (κ3) is 7.25. The van der Waals surface area contributed by atoms with E-state index in [1.807, 2.05) is 0 Å². The van der Waals surface area contributed by atoms with Crippen molar-refractivity contribution in [2.75, 3.05) is 0 Å². The number of halogens is 4. The first-order valence-electron chi connectivity index (χ1n) is 12.1. The van der Waals surface area contributed by atoms with Gasteiger partial charge in [-0.1, -0.05) is 38.3 Å². The Morgan fingerprint density at radius 2 is 1.45 bits per heavy atom. The summed E-state index contributed by atoms with van der Waals surface area (Å²) in [6.07, 6.45) is 19.0. The van der Waals surface area contributed by atoms with Gasteiger partial charge in [0.05, 0.1) is 0 Å². The molecule has 0 amide bonds. The molecule has 31 heavy (non-hydrogen) atoms. The number of ether oxygens (including phenoxy) is 1. The van der Waals surface area contributed by atoms with Crippen LogP contribution in [0.4, 0.5) is 17.6 Å². The van der Waals surface area contributed by atoms with Gasteiger partial charge in [-0.3, -0.25) is 0 Å². The molecule has 0 aromatic heterocycles. The Morgan fingerprint density at radius 1 is 0.903 bits per heavy atom. The van der Waals surface area contributed by atoms with Crippen LogP contribution in [0.1, 0.15) is 95.5 Å². The number of benzene rings is 1. The van der Waals surface area contributed by atoms with Crippen LogP contribution in [0.25, 0.3) is 0 Å². The Labute approximate surface area is 184 Å². The third-order valence-corrected chi connectivity index (χ3v) is 7.28. The van der Waals surface area contributed by atoms with E-state index in [0.29, 0.717) is 11.5 Å². The molecule has 0 saturated heterocycles. The SMILES string of the molecule is CCC/C=C/[C@H]1CC[C@H](CC[C@H]2CC[C@H](c3cc(F)c(OC(F)F)c(F)c3)CC2)CC1. The maximum absolute atomic E-state index is 14.0. The van der Waals surface area contributed by atoms with E-state index in [4.69, 9.17) is 0 Å². The molecule has 2 aliphatic carbocycles. The molecule has 0 radical (unpaired) electrons. The molecule has 1 aromatic rings. The predicted octanol–water partition coefficient (Wildman–Crippen LogP) is 8.78. The number of hydrogen-bond donors (Lipinski definition) is 0. The molecule has 2 aliphatic rings. The lowest BCUT2D eigenvalue weighted by molar-refractivity contribution is -0.0546. The number of hydrogen-bond acceptors (Lipinski definition) is 1. The molecule has 1 aromatic carbocycles. The first-order valence-corrected chi connectivity index (χ1v) is 12.1. The van der Waals surface area contributed by atoms with Crippen molar-refractivity contribution in [2.45, 2.75) is 96.5 Å². The van der Waals surface area contributed by atoms with Crippen LogP contribution in [0.15, 0.2) is 24.3 Å². The minimum Gasteiger partial charge on any atom is -0.429 e. The van der Waals surface area contributed by atoms with Crippen LogP contribution in [-0.2, 0) is 0 Å². The van der Waals surface area contributed by atoms with Crippen LogP contribution in [0.2, 0.25) is 0 Å². The fraction of sp³-hybridized carbons (Fsp3) is 0.692. The van der Waals surface area contributed by atoms with Gasteiger partial charge in [-0.15, -0.1) is 0 Å². The lowest BCUT2D eigenvalue weighted by Crippen LogP contribution is -2.17. The highest BCUT2D eigenvalue weighted by Gasteiger charge is 2.26. The van der Waals surface area contributed by atoms with E-state index in [1.165, 1.54) is 63.5 Å². The fourth-order valence-electron chi connectivity index (χ4n) is 5.40. The summed E-state index contributed by atoms with van der Waals surface area (Å²) in [6.45, 7) is -1.02. The lowest BCUT2D eigenvalue weighted by Gasteiger charge is -2.31. The highest BCUT2D eigenvalue weighted by molar-refractivity contribution is 5.33. The zero-order chi connectivity index (χ0) is 22.2. The van der Waals surface area contributed by atoms with Crippen molar-refractivity contribution >= 4 is 0 Å². The topological polar surface area (TPSA) is 9.23 Å². The van der Waals surface area contributed by atoms with Crippen molar-refractivity contribution in [2.24, 2.45) is 17.8 Å². The summed E-state index contributed by atoms with van der Waals surface area (Å²) in [5.74, 6) is -0.672. The second-order valence-electron chi connectivity index (χ2n) is 9.48. The second kappa shape index (κ2) is 11.9.